The molecule has 0 bridgehead atoms. The van der Waals surface area contributed by atoms with Crippen molar-refractivity contribution in [2.75, 3.05) is 12.4 Å². The first-order valence-electron chi connectivity index (χ1n) is 11.7. The van der Waals surface area contributed by atoms with Crippen molar-refractivity contribution in [1.82, 2.24) is 13.7 Å². The first-order chi connectivity index (χ1) is 17.8. The number of aromatic hydroxyl groups is 2. The number of phenolic OH excluding ortho intramolecular Hbond substituents is 2. The molecule has 1 aliphatic heterocycles. The Hall–Kier alpha value is -4.92. The summed E-state index contributed by atoms with van der Waals surface area (Å²) >= 11 is 0. The molecule has 0 amide bonds. The number of ether oxygens (including phenoxy) is 1. The summed E-state index contributed by atoms with van der Waals surface area (Å²) in [6.07, 6.45) is 0. The van der Waals surface area contributed by atoms with Crippen molar-refractivity contribution in [1.29, 1.82) is 0 Å². The molecule has 0 saturated heterocycles. The Balaban J connectivity index is 1.85. The molecule has 0 aliphatic carbocycles. The second kappa shape index (κ2) is 8.06. The summed E-state index contributed by atoms with van der Waals surface area (Å²) in [6.45, 7) is 0. The number of nitrogens with zero attached hydrogens (tertiary/aromatic N) is 3. The van der Waals surface area contributed by atoms with Crippen LogP contribution in [-0.4, -0.2) is 31.0 Å². The van der Waals surface area contributed by atoms with E-state index in [1.165, 1.54) is 29.8 Å². The van der Waals surface area contributed by atoms with Gasteiger partial charge in [0.15, 0.2) is 0 Å². The van der Waals surface area contributed by atoms with Gasteiger partial charge >= 0.3 is 5.69 Å². The molecule has 186 valence electrons. The van der Waals surface area contributed by atoms with Crippen LogP contribution < -0.4 is 21.3 Å². The maximum atomic E-state index is 13.7. The summed E-state index contributed by atoms with van der Waals surface area (Å²) in [6, 6.07) is 18.6. The lowest BCUT2D eigenvalue weighted by atomic mass is 9.98. The number of hydrogen-bond donors (Lipinski definition) is 3. The van der Waals surface area contributed by atoms with Gasteiger partial charge in [0.25, 0.3) is 5.56 Å². The first-order valence-corrected chi connectivity index (χ1v) is 11.7. The highest BCUT2D eigenvalue weighted by atomic mass is 16.5. The van der Waals surface area contributed by atoms with Gasteiger partial charge in [-0.15, -0.1) is 0 Å². The second-order valence-corrected chi connectivity index (χ2v) is 9.06. The van der Waals surface area contributed by atoms with Crippen LogP contribution in [0.1, 0.15) is 17.3 Å². The quantitative estimate of drug-likeness (QED) is 0.329. The molecule has 0 fully saturated rings. The highest BCUT2D eigenvalue weighted by molar-refractivity contribution is 5.99. The number of aromatic nitrogens is 3. The van der Waals surface area contributed by atoms with Gasteiger partial charge in [-0.2, -0.15) is 0 Å². The molecular weight excluding hydrogens is 472 g/mol. The van der Waals surface area contributed by atoms with Crippen LogP contribution in [0.2, 0.25) is 0 Å². The Labute approximate surface area is 211 Å². The number of rotatable bonds is 3. The number of fused-ring (bicyclic) bond motifs is 5. The Kier molecular flexibility index (Phi) is 4.91. The number of para-hydroxylation sites is 2. The van der Waals surface area contributed by atoms with Gasteiger partial charge < -0.3 is 24.8 Å². The van der Waals surface area contributed by atoms with Crippen LogP contribution in [0.4, 0.5) is 5.69 Å². The molecule has 0 spiro atoms. The van der Waals surface area contributed by atoms with E-state index in [0.29, 0.717) is 33.6 Å². The zero-order valence-corrected chi connectivity index (χ0v) is 20.4. The number of phenols is 2. The van der Waals surface area contributed by atoms with Crippen molar-refractivity contribution >= 4 is 16.6 Å². The number of aryl methyl sites for hydroxylation is 1. The minimum atomic E-state index is -0.686. The van der Waals surface area contributed by atoms with Crippen molar-refractivity contribution < 1.29 is 14.9 Å². The van der Waals surface area contributed by atoms with Crippen LogP contribution in [0, 0.1) is 0 Å². The molecule has 0 radical (unpaired) electrons. The lowest BCUT2D eigenvalue weighted by molar-refractivity contribution is 0.415. The zero-order valence-electron chi connectivity index (χ0n) is 20.4. The maximum Gasteiger partial charge on any atom is 0.331 e. The molecule has 3 aromatic carbocycles. The molecular formula is C28H24N4O5. The van der Waals surface area contributed by atoms with E-state index in [-0.39, 0.29) is 11.5 Å². The molecule has 1 aliphatic rings. The van der Waals surface area contributed by atoms with Crippen LogP contribution in [0.25, 0.3) is 27.8 Å². The Morgan fingerprint density at radius 3 is 2.38 bits per heavy atom. The van der Waals surface area contributed by atoms with Crippen LogP contribution in [0.5, 0.6) is 17.2 Å². The minimum Gasteiger partial charge on any atom is -0.508 e. The number of hydrogen-bond acceptors (Lipinski definition) is 6. The fourth-order valence-corrected chi connectivity index (χ4v) is 5.25. The summed E-state index contributed by atoms with van der Waals surface area (Å²) in [5.41, 5.74) is 3.46. The van der Waals surface area contributed by atoms with E-state index in [2.05, 4.69) is 5.32 Å². The van der Waals surface area contributed by atoms with E-state index in [4.69, 9.17) is 4.74 Å². The topological polar surface area (TPSA) is 111 Å². The van der Waals surface area contributed by atoms with Crippen LogP contribution in [-0.2, 0) is 14.1 Å². The number of anilines is 1. The van der Waals surface area contributed by atoms with E-state index in [9.17, 15) is 19.8 Å². The van der Waals surface area contributed by atoms with Crippen LogP contribution in [0.15, 0.2) is 76.3 Å². The molecule has 37 heavy (non-hydrogen) atoms. The van der Waals surface area contributed by atoms with E-state index in [1.54, 1.807) is 14.2 Å². The lowest BCUT2D eigenvalue weighted by Crippen LogP contribution is -2.37. The normalized spacial score (nSPS) is 14.2. The summed E-state index contributed by atoms with van der Waals surface area (Å²) in [5, 5.41) is 24.9. The van der Waals surface area contributed by atoms with E-state index in [0.717, 1.165) is 21.5 Å². The van der Waals surface area contributed by atoms with Gasteiger partial charge in [-0.1, -0.05) is 12.1 Å². The van der Waals surface area contributed by atoms with E-state index < -0.39 is 17.3 Å². The molecule has 3 N–H and O–H groups in total. The summed E-state index contributed by atoms with van der Waals surface area (Å²) in [4.78, 5) is 26.8. The molecule has 3 heterocycles. The highest BCUT2D eigenvalue weighted by Crippen LogP contribution is 2.47. The molecule has 0 saturated carbocycles. The van der Waals surface area contributed by atoms with Crippen molar-refractivity contribution in [2.24, 2.45) is 14.1 Å². The van der Waals surface area contributed by atoms with Gasteiger partial charge in [0, 0.05) is 19.7 Å². The SMILES string of the molecule is COc1ccc(-c2c3c(=O)n(C)c(=O)n(C)c3c3n2-c2ccccc2N[C@H]3c2cc(O)ccc2O)cc1. The first kappa shape index (κ1) is 22.5. The molecule has 1 atom stereocenters. The number of methoxy groups -OCH3 is 1. The predicted octanol–water partition coefficient (Wildman–Crippen LogP) is 3.63. The largest absolute Gasteiger partial charge is 0.508 e. The monoisotopic (exact) mass is 496 g/mol. The smallest absolute Gasteiger partial charge is 0.331 e. The van der Waals surface area contributed by atoms with E-state index in [1.807, 2.05) is 53.1 Å². The third-order valence-electron chi connectivity index (χ3n) is 7.01. The Bertz CT molecular complexity index is 1830. The van der Waals surface area contributed by atoms with Gasteiger partial charge in [-0.05, 0) is 60.2 Å². The fourth-order valence-electron chi connectivity index (χ4n) is 5.25. The minimum absolute atomic E-state index is 0.0175. The third-order valence-corrected chi connectivity index (χ3v) is 7.01. The van der Waals surface area contributed by atoms with Gasteiger partial charge in [-0.25, -0.2) is 4.79 Å². The van der Waals surface area contributed by atoms with Crippen LogP contribution in [0.3, 0.4) is 0 Å². The molecule has 0 unspecified atom stereocenters. The third kappa shape index (κ3) is 3.17. The fraction of sp³-hybridized carbons (Fsp3) is 0.143. The summed E-state index contributed by atoms with van der Waals surface area (Å²) in [7, 11) is 4.68. The maximum absolute atomic E-state index is 13.7. The lowest BCUT2D eigenvalue weighted by Gasteiger charge is -2.31. The Morgan fingerprint density at radius 2 is 1.65 bits per heavy atom. The predicted molar refractivity (Wildman–Crippen MR) is 141 cm³/mol. The highest BCUT2D eigenvalue weighted by Gasteiger charge is 2.35. The molecule has 9 nitrogen and oxygen atoms in total. The molecule has 9 heteroatoms. The van der Waals surface area contributed by atoms with Gasteiger partial charge in [0.2, 0.25) is 0 Å². The van der Waals surface area contributed by atoms with Crippen molar-refractivity contribution in [3.05, 3.63) is 98.8 Å². The summed E-state index contributed by atoms with van der Waals surface area (Å²) in [5.74, 6) is 0.620. The molecule has 2 aromatic heterocycles. The average molecular weight is 497 g/mol. The van der Waals surface area contributed by atoms with E-state index >= 15 is 0 Å². The standard InChI is InChI=1S/C28H24N4O5/c1-30-25-22(27(35)31(2)28(30)36)24(15-8-11-17(37-3)12-9-15)32-20-7-5-4-6-19(20)29-23(26(25)32)18-14-16(33)10-13-21(18)34/h4-14,23,29,33-34H,1-3H3/t23-/m0/s1. The van der Waals surface area contributed by atoms with Crippen molar-refractivity contribution in [3.8, 4) is 34.2 Å². The second-order valence-electron chi connectivity index (χ2n) is 9.06. The van der Waals surface area contributed by atoms with Gasteiger partial charge in [-0.3, -0.25) is 13.9 Å². The molecule has 6 rings (SSSR count). The number of nitrogens with one attached hydrogen (secondary N) is 1. The van der Waals surface area contributed by atoms with Crippen LogP contribution >= 0.6 is 0 Å². The molecule has 5 aromatic rings. The Morgan fingerprint density at radius 1 is 0.919 bits per heavy atom. The zero-order chi connectivity index (χ0) is 26.0. The average Bonchev–Trinajstić information content (AvgIpc) is 3.28. The summed E-state index contributed by atoms with van der Waals surface area (Å²) < 4.78 is 9.86. The van der Waals surface area contributed by atoms with Crippen molar-refractivity contribution in [3.63, 3.8) is 0 Å². The van der Waals surface area contributed by atoms with Gasteiger partial charge in [0.05, 0.1) is 46.8 Å². The van der Waals surface area contributed by atoms with Gasteiger partial charge in [0.1, 0.15) is 17.2 Å². The van der Waals surface area contributed by atoms with Crippen molar-refractivity contribution in [2.45, 2.75) is 6.04 Å². The number of benzene rings is 3.